The number of ether oxygens (including phenoxy) is 1. The molecule has 3 aliphatic heterocycles. The van der Waals surface area contributed by atoms with Crippen molar-refractivity contribution in [3.8, 4) is 0 Å². The van der Waals surface area contributed by atoms with E-state index in [4.69, 9.17) is 4.74 Å². The largest absolute Gasteiger partial charge is 0.360 e. The fourth-order valence-electron chi connectivity index (χ4n) is 4.83. The Kier molecular flexibility index (Phi) is 4.25. The number of rotatable bonds is 5. The Balaban J connectivity index is 1.40. The maximum absolute atomic E-state index is 13.4. The van der Waals surface area contributed by atoms with Crippen molar-refractivity contribution in [2.75, 3.05) is 18.5 Å². The lowest BCUT2D eigenvalue weighted by Crippen LogP contribution is -2.44. The van der Waals surface area contributed by atoms with Crippen LogP contribution in [0.4, 0.5) is 10.1 Å². The first kappa shape index (κ1) is 18.9. The van der Waals surface area contributed by atoms with E-state index in [9.17, 15) is 14.0 Å². The number of aryl methyl sites for hydroxylation is 1. The lowest BCUT2D eigenvalue weighted by atomic mass is 9.76. The zero-order chi connectivity index (χ0) is 21.0. The Hall–Kier alpha value is -3.07. The summed E-state index contributed by atoms with van der Waals surface area (Å²) in [6.07, 6.45) is 4.99. The van der Waals surface area contributed by atoms with Gasteiger partial charge in [0, 0.05) is 19.3 Å². The molecule has 1 aromatic heterocycles. The van der Waals surface area contributed by atoms with Crippen LogP contribution in [0.3, 0.4) is 0 Å². The van der Waals surface area contributed by atoms with Crippen molar-refractivity contribution < 1.29 is 18.7 Å². The van der Waals surface area contributed by atoms with E-state index >= 15 is 0 Å². The molecule has 9 heteroatoms. The van der Waals surface area contributed by atoms with Gasteiger partial charge in [-0.05, 0) is 31.2 Å². The number of fused-ring (bicyclic) bond motifs is 1. The minimum atomic E-state index is -0.819. The van der Waals surface area contributed by atoms with Crippen LogP contribution in [-0.2, 0) is 27.4 Å². The first-order valence-corrected chi connectivity index (χ1v) is 9.99. The van der Waals surface area contributed by atoms with Crippen molar-refractivity contribution in [2.24, 2.45) is 11.8 Å². The van der Waals surface area contributed by atoms with Crippen LogP contribution >= 0.6 is 0 Å². The summed E-state index contributed by atoms with van der Waals surface area (Å²) in [5.74, 6) is -1.20. The summed E-state index contributed by atoms with van der Waals surface area (Å²) >= 11 is 0. The molecule has 0 N–H and O–H groups in total. The molecule has 1 spiro atoms. The number of nitrogens with zero attached hydrogens (tertiary/aromatic N) is 5. The molecule has 30 heavy (non-hydrogen) atoms. The monoisotopic (exact) mass is 411 g/mol. The number of hydrogen-bond acceptors (Lipinski definition) is 5. The quantitative estimate of drug-likeness (QED) is 0.695. The van der Waals surface area contributed by atoms with Crippen LogP contribution in [0.1, 0.15) is 12.7 Å². The third kappa shape index (κ3) is 2.68. The second-order valence-electron chi connectivity index (χ2n) is 8.03. The van der Waals surface area contributed by atoms with Crippen LogP contribution in [0.15, 0.2) is 42.7 Å². The molecule has 1 aromatic carbocycles. The molecule has 2 fully saturated rings. The van der Waals surface area contributed by atoms with Gasteiger partial charge in [-0.2, -0.15) is 0 Å². The van der Waals surface area contributed by atoms with Gasteiger partial charge >= 0.3 is 0 Å². The molecule has 0 saturated carbocycles. The van der Waals surface area contributed by atoms with Crippen molar-refractivity contribution in [1.82, 2.24) is 19.7 Å². The average Bonchev–Trinajstić information content (AvgIpc) is 3.49. The molecule has 2 amide bonds. The van der Waals surface area contributed by atoms with Crippen molar-refractivity contribution in [3.05, 3.63) is 54.4 Å². The van der Waals surface area contributed by atoms with E-state index in [-0.39, 0.29) is 17.6 Å². The molecule has 2 bridgehead atoms. The van der Waals surface area contributed by atoms with E-state index in [0.29, 0.717) is 31.1 Å². The normalized spacial score (nSPS) is 29.0. The van der Waals surface area contributed by atoms with Gasteiger partial charge in [0.2, 0.25) is 11.8 Å². The second kappa shape index (κ2) is 6.73. The van der Waals surface area contributed by atoms with E-state index in [1.165, 1.54) is 12.1 Å². The minimum Gasteiger partial charge on any atom is -0.360 e. The Labute approximate surface area is 172 Å². The highest BCUT2D eigenvalue weighted by Crippen LogP contribution is 2.53. The van der Waals surface area contributed by atoms with Crippen molar-refractivity contribution in [1.29, 1.82) is 0 Å². The molecule has 2 aromatic rings. The highest BCUT2D eigenvalue weighted by Gasteiger charge is 2.67. The number of anilines is 1. The highest BCUT2D eigenvalue weighted by atomic mass is 19.1. The maximum Gasteiger partial charge on any atom is 0.234 e. The fourth-order valence-corrected chi connectivity index (χ4v) is 4.83. The second-order valence-corrected chi connectivity index (χ2v) is 8.03. The van der Waals surface area contributed by atoms with Crippen LogP contribution in [0, 0.1) is 17.7 Å². The predicted octanol–water partition coefficient (Wildman–Crippen LogP) is 1.38. The van der Waals surface area contributed by atoms with E-state index < -0.39 is 23.5 Å². The topological polar surface area (TPSA) is 80.6 Å². The van der Waals surface area contributed by atoms with E-state index in [2.05, 4.69) is 10.2 Å². The molecular weight excluding hydrogens is 389 g/mol. The number of carbonyl (C=O) groups is 2. The summed E-state index contributed by atoms with van der Waals surface area (Å²) in [5, 5.41) is 8.00. The number of halogens is 1. The zero-order valence-electron chi connectivity index (χ0n) is 16.7. The first-order chi connectivity index (χ1) is 14.4. The van der Waals surface area contributed by atoms with Crippen molar-refractivity contribution >= 4 is 17.5 Å². The number of hydrogen-bond donors (Lipinski definition) is 0. The lowest BCUT2D eigenvalue weighted by Gasteiger charge is -2.27. The third-order valence-electron chi connectivity index (χ3n) is 6.32. The number of carbonyl (C=O) groups excluding carboxylic acids is 2. The van der Waals surface area contributed by atoms with E-state index in [0.717, 1.165) is 0 Å². The third-order valence-corrected chi connectivity index (χ3v) is 6.32. The zero-order valence-corrected chi connectivity index (χ0v) is 16.7. The van der Waals surface area contributed by atoms with Crippen LogP contribution in [-0.4, -0.2) is 56.8 Å². The summed E-state index contributed by atoms with van der Waals surface area (Å²) in [6.45, 7) is 3.30. The van der Waals surface area contributed by atoms with Gasteiger partial charge in [0.05, 0.1) is 31.0 Å². The standard InChI is InChI=1S/C21H22FN5O3/c1-3-26-12-23-24-16(26)10-25(2)19(28)17-15-8-9-21(30-15)11-27(20(29)18(17)21)14-6-4-13(22)5-7-14/h4-9,12,15,17-18H,3,10-11H2,1-2H3/t15-,17+,18-,21-/m0/s1. The van der Waals surface area contributed by atoms with E-state index in [1.807, 2.05) is 23.6 Å². The summed E-state index contributed by atoms with van der Waals surface area (Å²) in [7, 11) is 1.70. The first-order valence-electron chi connectivity index (χ1n) is 9.99. The number of aromatic nitrogens is 3. The van der Waals surface area contributed by atoms with Crippen LogP contribution < -0.4 is 4.90 Å². The van der Waals surface area contributed by atoms with Gasteiger partial charge < -0.3 is 19.1 Å². The Morgan fingerprint density at radius 2 is 2.13 bits per heavy atom. The average molecular weight is 411 g/mol. The summed E-state index contributed by atoms with van der Waals surface area (Å²) in [4.78, 5) is 29.9. The molecule has 4 atom stereocenters. The molecule has 3 aliphatic rings. The smallest absolute Gasteiger partial charge is 0.234 e. The SMILES string of the molecule is CCn1cnnc1CN(C)C(=O)[C@@H]1[C@@H]2C=C[C@@]3(CN(c4ccc(F)cc4)C(=O)[C@H]13)O2. The highest BCUT2D eigenvalue weighted by molar-refractivity contribution is 6.03. The maximum atomic E-state index is 13.4. The molecule has 8 nitrogen and oxygen atoms in total. The Morgan fingerprint density at radius 3 is 2.87 bits per heavy atom. The summed E-state index contributed by atoms with van der Waals surface area (Å²) in [5.41, 5.74) is -0.220. The minimum absolute atomic E-state index is 0.156. The van der Waals surface area contributed by atoms with Crippen LogP contribution in [0.2, 0.25) is 0 Å². The summed E-state index contributed by atoms with van der Waals surface area (Å²) in [6, 6.07) is 5.79. The molecule has 0 radical (unpaired) electrons. The Morgan fingerprint density at radius 1 is 1.37 bits per heavy atom. The molecular formula is C21H22FN5O3. The van der Waals surface area contributed by atoms with E-state index in [1.54, 1.807) is 35.3 Å². The molecule has 4 heterocycles. The molecule has 156 valence electrons. The Bertz CT molecular complexity index is 1040. The van der Waals surface area contributed by atoms with Gasteiger partial charge in [0.1, 0.15) is 17.7 Å². The molecule has 0 aliphatic carbocycles. The van der Waals surface area contributed by atoms with Gasteiger partial charge in [-0.15, -0.1) is 10.2 Å². The lowest BCUT2D eigenvalue weighted by molar-refractivity contribution is -0.139. The van der Waals surface area contributed by atoms with Crippen molar-refractivity contribution in [2.45, 2.75) is 31.7 Å². The van der Waals surface area contributed by atoms with Crippen molar-refractivity contribution in [3.63, 3.8) is 0 Å². The van der Waals surface area contributed by atoms with Gasteiger partial charge in [0.25, 0.3) is 0 Å². The van der Waals surface area contributed by atoms with Gasteiger partial charge in [-0.25, -0.2) is 4.39 Å². The predicted molar refractivity (Wildman–Crippen MR) is 105 cm³/mol. The molecule has 5 rings (SSSR count). The number of benzene rings is 1. The van der Waals surface area contributed by atoms with Gasteiger partial charge in [-0.1, -0.05) is 12.2 Å². The van der Waals surface area contributed by atoms with Gasteiger partial charge in [-0.3, -0.25) is 9.59 Å². The number of amides is 2. The fraction of sp³-hybridized carbons (Fsp3) is 0.429. The van der Waals surface area contributed by atoms with Gasteiger partial charge in [0.15, 0.2) is 5.82 Å². The van der Waals surface area contributed by atoms with Crippen LogP contribution in [0.5, 0.6) is 0 Å². The summed E-state index contributed by atoms with van der Waals surface area (Å²) < 4.78 is 21.4. The molecule has 2 saturated heterocycles. The van der Waals surface area contributed by atoms with Crippen LogP contribution in [0.25, 0.3) is 0 Å². The molecule has 0 unspecified atom stereocenters.